The fourth-order valence-electron chi connectivity index (χ4n) is 2.42. The van der Waals surface area contributed by atoms with E-state index in [1.54, 1.807) is 27.7 Å². The first kappa shape index (κ1) is 18.0. The molecule has 0 spiro atoms. The summed E-state index contributed by atoms with van der Waals surface area (Å²) in [6, 6.07) is 2.28. The maximum Gasteiger partial charge on any atom is 0.410 e. The Bertz CT molecular complexity index is 647. The largest absolute Gasteiger partial charge is 0.508 e. The predicted molar refractivity (Wildman–Crippen MR) is 86.5 cm³/mol. The summed E-state index contributed by atoms with van der Waals surface area (Å²) in [6.07, 6.45) is -0.416. The van der Waals surface area contributed by atoms with E-state index in [0.29, 0.717) is 31.7 Å². The number of aryl methyl sites for hydroxylation is 1. The van der Waals surface area contributed by atoms with Gasteiger partial charge in [-0.25, -0.2) is 9.18 Å². The van der Waals surface area contributed by atoms with Crippen LogP contribution in [0.2, 0.25) is 0 Å². The van der Waals surface area contributed by atoms with Gasteiger partial charge in [0.25, 0.3) is 5.91 Å². The second-order valence-electron chi connectivity index (χ2n) is 6.88. The van der Waals surface area contributed by atoms with Crippen molar-refractivity contribution >= 4 is 12.0 Å². The number of hydrogen-bond acceptors (Lipinski definition) is 4. The molecule has 0 aromatic heterocycles. The lowest BCUT2D eigenvalue weighted by Gasteiger charge is -2.35. The van der Waals surface area contributed by atoms with E-state index < -0.39 is 23.4 Å². The van der Waals surface area contributed by atoms with Crippen LogP contribution in [0, 0.1) is 12.7 Å². The van der Waals surface area contributed by atoms with Gasteiger partial charge in [-0.1, -0.05) is 0 Å². The number of phenolic OH excluding ortho intramolecular Hbond substituents is 1. The predicted octanol–water partition coefficient (Wildman–Crippen LogP) is 2.53. The lowest BCUT2D eigenvalue weighted by molar-refractivity contribution is 0.0140. The smallest absolute Gasteiger partial charge is 0.410 e. The third kappa shape index (κ3) is 4.15. The fraction of sp³-hybridized carbons (Fsp3) is 0.529. The van der Waals surface area contributed by atoms with Crippen LogP contribution in [0.1, 0.15) is 36.7 Å². The Balaban J connectivity index is 2.01. The lowest BCUT2D eigenvalue weighted by Crippen LogP contribution is -2.51. The van der Waals surface area contributed by atoms with E-state index in [9.17, 15) is 19.1 Å². The van der Waals surface area contributed by atoms with Crippen LogP contribution in [0.15, 0.2) is 12.1 Å². The van der Waals surface area contributed by atoms with Crippen molar-refractivity contribution in [3.63, 3.8) is 0 Å². The minimum atomic E-state index is -0.752. The Morgan fingerprint density at radius 2 is 1.67 bits per heavy atom. The summed E-state index contributed by atoms with van der Waals surface area (Å²) >= 11 is 0. The van der Waals surface area contributed by atoms with Gasteiger partial charge in [0.2, 0.25) is 0 Å². The van der Waals surface area contributed by atoms with Crippen LogP contribution in [0.3, 0.4) is 0 Å². The fourth-order valence-corrected chi connectivity index (χ4v) is 2.42. The van der Waals surface area contributed by atoms with Gasteiger partial charge in [0.05, 0.1) is 5.56 Å². The molecule has 1 aromatic carbocycles. The van der Waals surface area contributed by atoms with E-state index in [1.807, 2.05) is 0 Å². The molecule has 1 aliphatic rings. The summed E-state index contributed by atoms with van der Waals surface area (Å²) in [5.74, 6) is -1.38. The molecule has 1 N–H and O–H groups in total. The monoisotopic (exact) mass is 338 g/mol. The molecule has 1 aliphatic heterocycles. The maximum absolute atomic E-state index is 13.9. The van der Waals surface area contributed by atoms with Crippen LogP contribution >= 0.6 is 0 Å². The van der Waals surface area contributed by atoms with Gasteiger partial charge in [-0.05, 0) is 39.3 Å². The Hall–Kier alpha value is -2.31. The second-order valence-corrected chi connectivity index (χ2v) is 6.88. The third-order valence-electron chi connectivity index (χ3n) is 3.73. The van der Waals surface area contributed by atoms with Gasteiger partial charge < -0.3 is 19.6 Å². The van der Waals surface area contributed by atoms with E-state index in [0.717, 1.165) is 6.07 Å². The molecule has 0 unspecified atom stereocenters. The number of amides is 2. The highest BCUT2D eigenvalue weighted by atomic mass is 19.1. The van der Waals surface area contributed by atoms with Crippen molar-refractivity contribution < 1.29 is 23.8 Å². The molecule has 0 saturated carbocycles. The molecule has 132 valence electrons. The maximum atomic E-state index is 13.9. The van der Waals surface area contributed by atoms with E-state index in [-0.39, 0.29) is 11.3 Å². The van der Waals surface area contributed by atoms with Crippen molar-refractivity contribution in [3.05, 3.63) is 29.1 Å². The lowest BCUT2D eigenvalue weighted by atomic mass is 10.1. The number of piperazine rings is 1. The first-order valence-electron chi connectivity index (χ1n) is 7.85. The molecule has 1 heterocycles. The van der Waals surface area contributed by atoms with Gasteiger partial charge in [-0.3, -0.25) is 4.79 Å². The molecule has 1 saturated heterocycles. The summed E-state index contributed by atoms with van der Waals surface area (Å²) in [6.45, 7) is 8.25. The van der Waals surface area contributed by atoms with Crippen molar-refractivity contribution in [1.29, 1.82) is 0 Å². The minimum Gasteiger partial charge on any atom is -0.508 e. The van der Waals surface area contributed by atoms with Crippen LogP contribution < -0.4 is 0 Å². The Morgan fingerprint density at radius 1 is 1.12 bits per heavy atom. The highest BCUT2D eigenvalue weighted by Gasteiger charge is 2.29. The standard InChI is InChI=1S/C17H23FN2O4/c1-11-9-12(13(18)10-14(11)21)15(22)19-5-7-20(8-6-19)16(23)24-17(2,3)4/h9-10,21H,5-8H2,1-4H3. The van der Waals surface area contributed by atoms with Crippen LogP contribution in [-0.2, 0) is 4.74 Å². The zero-order chi connectivity index (χ0) is 18.1. The number of carbonyl (C=O) groups excluding carboxylic acids is 2. The number of benzene rings is 1. The molecule has 0 atom stereocenters. The molecule has 0 radical (unpaired) electrons. The van der Waals surface area contributed by atoms with E-state index in [4.69, 9.17) is 4.74 Å². The average molecular weight is 338 g/mol. The zero-order valence-corrected chi connectivity index (χ0v) is 14.4. The Kier molecular flexibility index (Phi) is 5.01. The number of halogens is 1. The summed E-state index contributed by atoms with van der Waals surface area (Å²) in [5.41, 5.74) is -0.209. The number of phenols is 1. The van der Waals surface area contributed by atoms with Crippen LogP contribution in [0.5, 0.6) is 5.75 Å². The molecule has 7 heteroatoms. The average Bonchev–Trinajstić information content (AvgIpc) is 2.49. The van der Waals surface area contributed by atoms with Crippen LogP contribution in [-0.4, -0.2) is 58.7 Å². The van der Waals surface area contributed by atoms with Gasteiger partial charge in [0.15, 0.2) is 0 Å². The summed E-state index contributed by atoms with van der Waals surface area (Å²) in [5, 5.41) is 9.48. The summed E-state index contributed by atoms with van der Waals surface area (Å²) in [4.78, 5) is 27.5. The van der Waals surface area contributed by atoms with Gasteiger partial charge >= 0.3 is 6.09 Å². The summed E-state index contributed by atoms with van der Waals surface area (Å²) < 4.78 is 19.2. The Morgan fingerprint density at radius 3 is 2.21 bits per heavy atom. The SMILES string of the molecule is Cc1cc(C(=O)N2CCN(C(=O)OC(C)(C)C)CC2)c(F)cc1O. The number of aromatic hydroxyl groups is 1. The first-order valence-corrected chi connectivity index (χ1v) is 7.85. The third-order valence-corrected chi connectivity index (χ3v) is 3.73. The van der Waals surface area contributed by atoms with Gasteiger partial charge in [-0.15, -0.1) is 0 Å². The van der Waals surface area contributed by atoms with Crippen LogP contribution in [0.25, 0.3) is 0 Å². The molecular weight excluding hydrogens is 315 g/mol. The molecule has 2 rings (SSSR count). The number of rotatable bonds is 1. The van der Waals surface area contributed by atoms with Gasteiger partial charge in [0, 0.05) is 32.2 Å². The van der Waals surface area contributed by atoms with Crippen molar-refractivity contribution in [2.24, 2.45) is 0 Å². The summed E-state index contributed by atoms with van der Waals surface area (Å²) in [7, 11) is 0. The molecule has 0 bridgehead atoms. The van der Waals surface area contributed by atoms with Crippen molar-refractivity contribution in [2.45, 2.75) is 33.3 Å². The molecule has 1 fully saturated rings. The second kappa shape index (κ2) is 6.67. The molecule has 6 nitrogen and oxygen atoms in total. The zero-order valence-electron chi connectivity index (χ0n) is 14.4. The van der Waals surface area contributed by atoms with E-state index in [2.05, 4.69) is 0 Å². The number of nitrogens with zero attached hydrogens (tertiary/aromatic N) is 2. The van der Waals surface area contributed by atoms with Crippen molar-refractivity contribution in [1.82, 2.24) is 9.80 Å². The number of hydrogen-bond donors (Lipinski definition) is 1. The highest BCUT2D eigenvalue weighted by molar-refractivity contribution is 5.95. The number of carbonyl (C=O) groups is 2. The van der Waals surface area contributed by atoms with E-state index >= 15 is 0 Å². The normalized spacial score (nSPS) is 15.4. The van der Waals surface area contributed by atoms with Crippen molar-refractivity contribution in [3.8, 4) is 5.75 Å². The van der Waals surface area contributed by atoms with Gasteiger partial charge in [-0.2, -0.15) is 0 Å². The van der Waals surface area contributed by atoms with E-state index in [1.165, 1.54) is 15.9 Å². The topological polar surface area (TPSA) is 70.1 Å². The minimum absolute atomic E-state index is 0.0731. The molecular formula is C17H23FN2O4. The number of ether oxygens (including phenoxy) is 1. The molecule has 24 heavy (non-hydrogen) atoms. The highest BCUT2D eigenvalue weighted by Crippen LogP contribution is 2.22. The quantitative estimate of drug-likeness (QED) is 0.854. The van der Waals surface area contributed by atoms with Gasteiger partial charge in [0.1, 0.15) is 17.2 Å². The molecule has 2 amide bonds. The van der Waals surface area contributed by atoms with Crippen LogP contribution in [0.4, 0.5) is 9.18 Å². The first-order chi connectivity index (χ1) is 11.1. The molecule has 1 aromatic rings. The van der Waals surface area contributed by atoms with Crippen molar-refractivity contribution in [2.75, 3.05) is 26.2 Å². The Labute approximate surface area is 140 Å². The molecule has 0 aliphatic carbocycles.